The van der Waals surface area contributed by atoms with Crippen LogP contribution in [0.1, 0.15) is 41.0 Å². The lowest BCUT2D eigenvalue weighted by Crippen LogP contribution is -2.20. The van der Waals surface area contributed by atoms with Crippen molar-refractivity contribution in [1.82, 2.24) is 4.98 Å². The van der Waals surface area contributed by atoms with Gasteiger partial charge in [-0.1, -0.05) is 6.07 Å². The molecule has 0 radical (unpaired) electrons. The smallest absolute Gasteiger partial charge is 0.419 e. The topological polar surface area (TPSA) is 77.5 Å². The zero-order valence-electron chi connectivity index (χ0n) is 19.3. The Balaban J connectivity index is 1.13. The molecule has 0 saturated heterocycles. The summed E-state index contributed by atoms with van der Waals surface area (Å²) >= 11 is 0. The first-order valence-corrected chi connectivity index (χ1v) is 11.8. The van der Waals surface area contributed by atoms with E-state index in [9.17, 15) is 27.2 Å². The van der Waals surface area contributed by atoms with E-state index < -0.39 is 17.6 Å². The molecule has 10 heteroatoms. The van der Waals surface area contributed by atoms with Crippen LogP contribution in [0.25, 0.3) is 0 Å². The minimum Gasteiger partial charge on any atom is -0.489 e. The van der Waals surface area contributed by atoms with Gasteiger partial charge < -0.3 is 14.8 Å². The highest BCUT2D eigenvalue weighted by atomic mass is 19.4. The molecule has 0 spiro atoms. The van der Waals surface area contributed by atoms with Gasteiger partial charge in [0.15, 0.2) is 0 Å². The number of hydrogen-bond donors (Lipinski definition) is 1. The van der Waals surface area contributed by atoms with Gasteiger partial charge in [-0.15, -0.1) is 0 Å². The molecule has 1 N–H and O–H groups in total. The predicted molar refractivity (Wildman–Crippen MR) is 123 cm³/mol. The van der Waals surface area contributed by atoms with Crippen molar-refractivity contribution in [3.63, 3.8) is 0 Å². The van der Waals surface area contributed by atoms with Crippen LogP contribution < -0.4 is 14.8 Å². The molecule has 37 heavy (non-hydrogen) atoms. The first-order chi connectivity index (χ1) is 17.7. The van der Waals surface area contributed by atoms with E-state index in [-0.39, 0.29) is 48.0 Å². The predicted octanol–water partition coefficient (Wildman–Crippen LogP) is 5.59. The Morgan fingerprint density at radius 3 is 2.78 bits per heavy atom. The number of amides is 1. The van der Waals surface area contributed by atoms with Crippen LogP contribution in [0.3, 0.4) is 0 Å². The van der Waals surface area contributed by atoms with Crippen molar-refractivity contribution in [3.05, 3.63) is 76.7 Å². The quantitative estimate of drug-likeness (QED) is 0.436. The minimum atomic E-state index is -4.82. The number of benzene rings is 2. The van der Waals surface area contributed by atoms with Crippen LogP contribution >= 0.6 is 0 Å². The largest absolute Gasteiger partial charge is 0.489 e. The van der Waals surface area contributed by atoms with E-state index >= 15 is 0 Å². The molecule has 2 aromatic carbocycles. The second-order valence-corrected chi connectivity index (χ2v) is 9.49. The van der Waals surface area contributed by atoms with Gasteiger partial charge >= 0.3 is 6.18 Å². The standard InChI is InChI=1S/C27H20F4N2O4/c28-20-4-1-13(10-19(20)27(29,30)31)9-14(34)11-18-24-17-12-15(2-5-21(17)37-25(18)24)36-22-7-8-32-26-16(22)3-6-23(35)33-26/h1-2,4-5,7-8,10,12,18,24-25H,3,6,9,11H2,(H,32,33,35)/t18-,24-,25+/m0/s1. The number of carbonyl (C=O) groups is 2. The molecular weight excluding hydrogens is 492 g/mol. The van der Waals surface area contributed by atoms with E-state index in [4.69, 9.17) is 9.47 Å². The SMILES string of the molecule is O=C(Cc1ccc(F)c(C(F)(F)F)c1)C[C@@H]1[C@H]2Oc3ccc(Oc4ccnc5c4CCC(=O)N5)cc3[C@@H]12. The number of fused-ring (bicyclic) bond motifs is 4. The van der Waals surface area contributed by atoms with Crippen LogP contribution in [-0.2, 0) is 28.6 Å². The number of hydrogen-bond acceptors (Lipinski definition) is 5. The number of anilines is 1. The van der Waals surface area contributed by atoms with Crippen molar-refractivity contribution in [3.8, 4) is 17.2 Å². The first-order valence-electron chi connectivity index (χ1n) is 11.8. The normalized spacial score (nSPS) is 21.3. The second-order valence-electron chi connectivity index (χ2n) is 9.49. The number of ketones is 1. The van der Waals surface area contributed by atoms with Gasteiger partial charge in [-0.3, -0.25) is 9.59 Å². The molecule has 3 heterocycles. The number of halogens is 4. The van der Waals surface area contributed by atoms with Crippen molar-refractivity contribution in [2.45, 2.75) is 43.9 Å². The Hall–Kier alpha value is -3.95. The summed E-state index contributed by atoms with van der Waals surface area (Å²) in [5, 5.41) is 2.74. The Morgan fingerprint density at radius 2 is 1.97 bits per heavy atom. The van der Waals surface area contributed by atoms with Gasteiger partial charge in [-0.2, -0.15) is 13.2 Å². The average molecular weight is 512 g/mol. The number of rotatable bonds is 6. The van der Waals surface area contributed by atoms with Crippen LogP contribution in [0.4, 0.5) is 23.4 Å². The van der Waals surface area contributed by atoms with Gasteiger partial charge in [0.05, 0.1) is 5.56 Å². The fourth-order valence-electron chi connectivity index (χ4n) is 5.20. The molecule has 2 aliphatic heterocycles. The van der Waals surface area contributed by atoms with Gasteiger partial charge in [0.2, 0.25) is 5.91 Å². The molecule has 1 saturated carbocycles. The summed E-state index contributed by atoms with van der Waals surface area (Å²) in [6, 6.07) is 9.84. The fourth-order valence-corrected chi connectivity index (χ4v) is 5.20. The molecular formula is C27H20F4N2O4. The van der Waals surface area contributed by atoms with Crippen LogP contribution in [-0.4, -0.2) is 22.8 Å². The van der Waals surface area contributed by atoms with E-state index in [1.807, 2.05) is 12.1 Å². The summed E-state index contributed by atoms with van der Waals surface area (Å²) in [5.41, 5.74) is 0.487. The Bertz CT molecular complexity index is 1440. The molecule has 1 aromatic heterocycles. The lowest BCUT2D eigenvalue weighted by Gasteiger charge is -2.19. The van der Waals surface area contributed by atoms with E-state index in [2.05, 4.69) is 10.3 Å². The minimum absolute atomic E-state index is 0.00732. The molecule has 1 amide bonds. The third kappa shape index (κ3) is 4.41. The maximum atomic E-state index is 13.5. The summed E-state index contributed by atoms with van der Waals surface area (Å²) in [5.74, 6) is 0.603. The number of nitrogens with one attached hydrogen (secondary N) is 1. The van der Waals surface area contributed by atoms with Gasteiger partial charge in [0.1, 0.15) is 40.8 Å². The summed E-state index contributed by atoms with van der Waals surface area (Å²) in [7, 11) is 0. The molecule has 0 bridgehead atoms. The van der Waals surface area contributed by atoms with Crippen molar-refractivity contribution in [2.24, 2.45) is 5.92 Å². The molecule has 190 valence electrons. The molecule has 3 aromatic rings. The van der Waals surface area contributed by atoms with E-state index in [0.29, 0.717) is 42.0 Å². The van der Waals surface area contributed by atoms with Gasteiger partial charge in [-0.25, -0.2) is 9.37 Å². The highest BCUT2D eigenvalue weighted by Gasteiger charge is 2.59. The van der Waals surface area contributed by atoms with Crippen molar-refractivity contribution >= 4 is 17.5 Å². The van der Waals surface area contributed by atoms with Crippen LogP contribution in [0.5, 0.6) is 17.2 Å². The van der Waals surface area contributed by atoms with Crippen LogP contribution in [0.2, 0.25) is 0 Å². The Morgan fingerprint density at radius 1 is 1.14 bits per heavy atom. The summed E-state index contributed by atoms with van der Waals surface area (Å²) in [6.07, 6.45) is -2.62. The van der Waals surface area contributed by atoms with Crippen molar-refractivity contribution in [2.75, 3.05) is 5.32 Å². The monoisotopic (exact) mass is 512 g/mol. The van der Waals surface area contributed by atoms with E-state index in [1.54, 1.807) is 18.3 Å². The van der Waals surface area contributed by atoms with Gasteiger partial charge in [0.25, 0.3) is 0 Å². The number of pyridine rings is 1. The average Bonchev–Trinajstić information content (AvgIpc) is 3.35. The number of Topliss-reactive ketones (excluding diaryl/α,β-unsaturated/α-hetero) is 1. The number of aromatic nitrogens is 1. The summed E-state index contributed by atoms with van der Waals surface area (Å²) in [6.45, 7) is 0. The van der Waals surface area contributed by atoms with E-state index in [1.165, 1.54) is 6.07 Å². The highest BCUT2D eigenvalue weighted by molar-refractivity contribution is 5.93. The summed E-state index contributed by atoms with van der Waals surface area (Å²) in [4.78, 5) is 28.5. The third-order valence-corrected chi connectivity index (χ3v) is 7.00. The molecule has 6 rings (SSSR count). The second kappa shape index (κ2) is 8.57. The lowest BCUT2D eigenvalue weighted by molar-refractivity contribution is -0.140. The van der Waals surface area contributed by atoms with Crippen molar-refractivity contribution < 1.29 is 36.6 Å². The molecule has 1 aliphatic carbocycles. The maximum Gasteiger partial charge on any atom is 0.419 e. The molecule has 6 nitrogen and oxygen atoms in total. The fraction of sp³-hybridized carbons (Fsp3) is 0.296. The molecule has 3 aliphatic rings. The Kier molecular flexibility index (Phi) is 5.43. The molecule has 0 unspecified atom stereocenters. The van der Waals surface area contributed by atoms with Gasteiger partial charge in [-0.05, 0) is 48.4 Å². The summed E-state index contributed by atoms with van der Waals surface area (Å²) < 4.78 is 64.6. The highest BCUT2D eigenvalue weighted by Crippen LogP contribution is 2.60. The van der Waals surface area contributed by atoms with Gasteiger partial charge in [0, 0.05) is 48.4 Å². The van der Waals surface area contributed by atoms with Crippen LogP contribution in [0.15, 0.2) is 48.7 Å². The lowest BCUT2D eigenvalue weighted by atomic mass is 10.00. The van der Waals surface area contributed by atoms with Crippen molar-refractivity contribution in [1.29, 1.82) is 0 Å². The Labute approximate surface area is 208 Å². The zero-order valence-corrected chi connectivity index (χ0v) is 19.3. The number of carbonyl (C=O) groups excluding carboxylic acids is 2. The van der Waals surface area contributed by atoms with E-state index in [0.717, 1.165) is 17.2 Å². The first kappa shape index (κ1) is 23.4. The zero-order chi connectivity index (χ0) is 25.9. The maximum absolute atomic E-state index is 13.5. The molecule has 3 atom stereocenters. The van der Waals surface area contributed by atoms with Crippen LogP contribution in [0, 0.1) is 11.7 Å². The third-order valence-electron chi connectivity index (χ3n) is 7.00. The number of alkyl halides is 3. The number of nitrogens with zero attached hydrogens (tertiary/aromatic N) is 1. The molecule has 1 fully saturated rings. The number of ether oxygens (including phenoxy) is 2.